The minimum Gasteiger partial charge on any atom is -0.487 e. The molecule has 1 aromatic carbocycles. The van der Waals surface area contributed by atoms with Crippen molar-refractivity contribution in [3.8, 4) is 5.75 Å². The van der Waals surface area contributed by atoms with Crippen LogP contribution in [0.4, 0.5) is 0 Å². The molecule has 2 rings (SSSR count). The number of nitrogens with zero attached hydrogens (tertiary/aromatic N) is 1. The highest BCUT2D eigenvalue weighted by Crippen LogP contribution is 2.17. The highest BCUT2D eigenvalue weighted by molar-refractivity contribution is 5.28. The molecule has 0 saturated carbocycles. The van der Waals surface area contributed by atoms with Gasteiger partial charge in [-0.05, 0) is 31.5 Å². The van der Waals surface area contributed by atoms with Crippen LogP contribution in [0.2, 0.25) is 0 Å². The molecule has 90 valence electrons. The van der Waals surface area contributed by atoms with Crippen LogP contribution in [0.3, 0.4) is 0 Å². The summed E-state index contributed by atoms with van der Waals surface area (Å²) < 4.78 is 10.5. The molecule has 1 atom stereocenters. The number of aromatic nitrogens is 1. The van der Waals surface area contributed by atoms with E-state index in [1.165, 1.54) is 0 Å². The average molecular weight is 232 g/mol. The molecule has 0 amide bonds. The number of nitrogens with two attached hydrogens (primary N) is 1. The van der Waals surface area contributed by atoms with Gasteiger partial charge in [-0.3, -0.25) is 0 Å². The van der Waals surface area contributed by atoms with E-state index in [0.29, 0.717) is 6.61 Å². The Kier molecular flexibility index (Phi) is 3.44. The summed E-state index contributed by atoms with van der Waals surface area (Å²) in [4.78, 5) is 0. The third kappa shape index (κ3) is 3.07. The molecule has 4 nitrogen and oxygen atoms in total. The molecule has 0 aliphatic heterocycles. The van der Waals surface area contributed by atoms with Gasteiger partial charge in [-0.15, -0.1) is 0 Å². The van der Waals surface area contributed by atoms with Crippen molar-refractivity contribution in [2.45, 2.75) is 26.5 Å². The van der Waals surface area contributed by atoms with Crippen molar-refractivity contribution >= 4 is 0 Å². The zero-order valence-electron chi connectivity index (χ0n) is 10.0. The SMILES string of the molecule is Cc1cc(COc2ccc([C@@H](C)N)cc2)no1. The molecule has 0 saturated heterocycles. The second kappa shape index (κ2) is 5.01. The highest BCUT2D eigenvalue weighted by Gasteiger charge is 2.02. The highest BCUT2D eigenvalue weighted by atomic mass is 16.5. The molecule has 0 aliphatic carbocycles. The largest absolute Gasteiger partial charge is 0.487 e. The van der Waals surface area contributed by atoms with Crippen LogP contribution in [0.15, 0.2) is 34.9 Å². The first-order chi connectivity index (χ1) is 8.15. The Morgan fingerprint density at radius 3 is 2.59 bits per heavy atom. The Morgan fingerprint density at radius 2 is 2.06 bits per heavy atom. The molecule has 0 radical (unpaired) electrons. The maximum atomic E-state index is 5.77. The smallest absolute Gasteiger partial charge is 0.134 e. The van der Waals surface area contributed by atoms with E-state index in [1.807, 2.05) is 44.2 Å². The third-order valence-electron chi connectivity index (χ3n) is 2.47. The Hall–Kier alpha value is -1.81. The van der Waals surface area contributed by atoms with Gasteiger partial charge in [0.1, 0.15) is 23.8 Å². The van der Waals surface area contributed by atoms with Crippen LogP contribution in [-0.4, -0.2) is 5.16 Å². The number of benzene rings is 1. The molecule has 1 aromatic heterocycles. The standard InChI is InChI=1S/C13H16N2O2/c1-9-7-12(15-17-9)8-16-13-5-3-11(4-6-13)10(2)14/h3-7,10H,8,14H2,1-2H3/t10-/m1/s1. The number of ether oxygens (including phenoxy) is 1. The fraction of sp³-hybridized carbons (Fsp3) is 0.308. The topological polar surface area (TPSA) is 61.3 Å². The van der Waals surface area contributed by atoms with Crippen LogP contribution in [0.5, 0.6) is 5.75 Å². The van der Waals surface area contributed by atoms with Crippen molar-refractivity contribution in [2.75, 3.05) is 0 Å². The van der Waals surface area contributed by atoms with Gasteiger partial charge in [-0.25, -0.2) is 0 Å². The van der Waals surface area contributed by atoms with Gasteiger partial charge in [-0.1, -0.05) is 17.3 Å². The predicted octanol–water partition coefficient (Wildman–Crippen LogP) is 2.58. The molecule has 0 spiro atoms. The van der Waals surface area contributed by atoms with Crippen molar-refractivity contribution in [3.05, 3.63) is 47.3 Å². The van der Waals surface area contributed by atoms with Gasteiger partial charge in [0.25, 0.3) is 0 Å². The first-order valence-corrected chi connectivity index (χ1v) is 5.55. The van der Waals surface area contributed by atoms with Gasteiger partial charge < -0.3 is 15.0 Å². The fourth-order valence-corrected chi connectivity index (χ4v) is 1.51. The van der Waals surface area contributed by atoms with E-state index in [1.54, 1.807) is 0 Å². The number of hydrogen-bond donors (Lipinski definition) is 1. The summed E-state index contributed by atoms with van der Waals surface area (Å²) in [7, 11) is 0. The summed E-state index contributed by atoms with van der Waals surface area (Å²) >= 11 is 0. The van der Waals surface area contributed by atoms with Gasteiger partial charge in [0.15, 0.2) is 0 Å². The van der Waals surface area contributed by atoms with E-state index in [0.717, 1.165) is 22.8 Å². The van der Waals surface area contributed by atoms with Crippen molar-refractivity contribution in [1.29, 1.82) is 0 Å². The van der Waals surface area contributed by atoms with E-state index >= 15 is 0 Å². The van der Waals surface area contributed by atoms with Crippen molar-refractivity contribution < 1.29 is 9.26 Å². The molecular formula is C13H16N2O2. The number of aryl methyl sites for hydroxylation is 1. The summed E-state index contributed by atoms with van der Waals surface area (Å²) in [5.74, 6) is 1.59. The minimum absolute atomic E-state index is 0.0437. The maximum Gasteiger partial charge on any atom is 0.134 e. The maximum absolute atomic E-state index is 5.77. The first-order valence-electron chi connectivity index (χ1n) is 5.55. The van der Waals surface area contributed by atoms with E-state index in [9.17, 15) is 0 Å². The Morgan fingerprint density at radius 1 is 1.35 bits per heavy atom. The van der Waals surface area contributed by atoms with Crippen LogP contribution in [0.25, 0.3) is 0 Å². The molecule has 0 bridgehead atoms. The molecule has 0 unspecified atom stereocenters. The number of hydrogen-bond acceptors (Lipinski definition) is 4. The van der Waals surface area contributed by atoms with Crippen LogP contribution in [0.1, 0.15) is 30.0 Å². The monoisotopic (exact) mass is 232 g/mol. The minimum atomic E-state index is 0.0437. The van der Waals surface area contributed by atoms with E-state index in [-0.39, 0.29) is 6.04 Å². The molecule has 0 fully saturated rings. The third-order valence-corrected chi connectivity index (χ3v) is 2.47. The molecule has 2 N–H and O–H groups in total. The Balaban J connectivity index is 1.95. The number of rotatable bonds is 4. The second-order valence-corrected chi connectivity index (χ2v) is 4.08. The van der Waals surface area contributed by atoms with Crippen LogP contribution < -0.4 is 10.5 Å². The van der Waals surface area contributed by atoms with Gasteiger partial charge in [0.05, 0.1) is 0 Å². The molecule has 17 heavy (non-hydrogen) atoms. The summed E-state index contributed by atoms with van der Waals surface area (Å²) in [6.45, 7) is 4.22. The molecule has 0 aliphatic rings. The van der Waals surface area contributed by atoms with Crippen molar-refractivity contribution in [1.82, 2.24) is 5.16 Å². The van der Waals surface area contributed by atoms with Crippen molar-refractivity contribution in [3.63, 3.8) is 0 Å². The quantitative estimate of drug-likeness (QED) is 0.880. The van der Waals surface area contributed by atoms with Gasteiger partial charge in [0, 0.05) is 12.1 Å². The molecule has 4 heteroatoms. The summed E-state index contributed by atoms with van der Waals surface area (Å²) in [6, 6.07) is 9.65. The molecule has 2 aromatic rings. The van der Waals surface area contributed by atoms with E-state index < -0.39 is 0 Å². The Labute approximate surface area is 100 Å². The lowest BCUT2D eigenvalue weighted by Crippen LogP contribution is -2.04. The van der Waals surface area contributed by atoms with E-state index in [4.69, 9.17) is 15.0 Å². The first kappa shape index (κ1) is 11.7. The average Bonchev–Trinajstić information content (AvgIpc) is 2.73. The fourth-order valence-electron chi connectivity index (χ4n) is 1.51. The molecule has 1 heterocycles. The van der Waals surface area contributed by atoms with Crippen LogP contribution >= 0.6 is 0 Å². The Bertz CT molecular complexity index is 474. The van der Waals surface area contributed by atoms with Crippen LogP contribution in [-0.2, 0) is 6.61 Å². The lowest BCUT2D eigenvalue weighted by molar-refractivity contribution is 0.288. The molecular weight excluding hydrogens is 216 g/mol. The van der Waals surface area contributed by atoms with Crippen molar-refractivity contribution in [2.24, 2.45) is 5.73 Å². The van der Waals surface area contributed by atoms with Crippen LogP contribution in [0, 0.1) is 6.92 Å². The lowest BCUT2D eigenvalue weighted by Gasteiger charge is -2.07. The summed E-state index contributed by atoms with van der Waals surface area (Å²) in [5.41, 5.74) is 7.65. The summed E-state index contributed by atoms with van der Waals surface area (Å²) in [6.07, 6.45) is 0. The zero-order chi connectivity index (χ0) is 12.3. The van der Waals surface area contributed by atoms with Gasteiger partial charge in [-0.2, -0.15) is 0 Å². The van der Waals surface area contributed by atoms with E-state index in [2.05, 4.69) is 5.16 Å². The predicted molar refractivity (Wildman–Crippen MR) is 64.6 cm³/mol. The van der Waals surface area contributed by atoms with Gasteiger partial charge >= 0.3 is 0 Å². The normalized spacial score (nSPS) is 12.4. The lowest BCUT2D eigenvalue weighted by atomic mass is 10.1. The van der Waals surface area contributed by atoms with Gasteiger partial charge in [0.2, 0.25) is 0 Å². The second-order valence-electron chi connectivity index (χ2n) is 4.08. The zero-order valence-corrected chi connectivity index (χ0v) is 10.0. The summed E-state index contributed by atoms with van der Waals surface area (Å²) in [5, 5.41) is 3.86.